The lowest BCUT2D eigenvalue weighted by atomic mass is 9.94. The summed E-state index contributed by atoms with van der Waals surface area (Å²) >= 11 is 0. The first-order valence-electron chi connectivity index (χ1n) is 5.47. The highest BCUT2D eigenvalue weighted by Crippen LogP contribution is 2.18. The topological polar surface area (TPSA) is 83.5 Å². The van der Waals surface area contributed by atoms with Crippen molar-refractivity contribution in [2.75, 3.05) is 11.5 Å². The summed E-state index contributed by atoms with van der Waals surface area (Å²) in [5, 5.41) is 11.1. The Morgan fingerprint density at radius 1 is 1.35 bits per heavy atom. The molecule has 0 aromatic heterocycles. The molecule has 0 radical (unpaired) electrons. The lowest BCUT2D eigenvalue weighted by Crippen LogP contribution is -2.43. The number of carbonyl (C=O) groups is 2. The van der Waals surface area contributed by atoms with Crippen molar-refractivity contribution in [3.63, 3.8) is 0 Å². The average Bonchev–Trinajstić information content (AvgIpc) is 2.11. The van der Waals surface area contributed by atoms with Gasteiger partial charge in [0.25, 0.3) is 0 Å². The molecule has 0 aliphatic heterocycles. The molecule has 0 saturated heterocycles. The normalized spacial score (nSPS) is 15.1. The van der Waals surface area contributed by atoms with E-state index < -0.39 is 28.7 Å². The Balaban J connectivity index is 4.22. The number of hydrogen-bond donors (Lipinski definition) is 2. The second-order valence-corrected chi connectivity index (χ2v) is 6.83. The lowest BCUT2D eigenvalue weighted by Gasteiger charge is -2.18. The molecule has 0 bridgehead atoms. The summed E-state index contributed by atoms with van der Waals surface area (Å²) in [6.07, 6.45) is 0.756. The number of nitrogens with one attached hydrogen (secondary N) is 1. The van der Waals surface area contributed by atoms with E-state index in [4.69, 9.17) is 5.11 Å². The van der Waals surface area contributed by atoms with Crippen molar-refractivity contribution < 1.29 is 18.9 Å². The summed E-state index contributed by atoms with van der Waals surface area (Å²) in [7, 11) is -1.23. The third-order valence-corrected chi connectivity index (χ3v) is 3.47. The van der Waals surface area contributed by atoms with Gasteiger partial charge >= 0.3 is 5.97 Å². The molecule has 1 unspecified atom stereocenters. The Morgan fingerprint density at radius 2 is 1.88 bits per heavy atom. The summed E-state index contributed by atoms with van der Waals surface area (Å²) in [5.74, 6) is -1.16. The number of aliphatic carboxylic acids is 1. The van der Waals surface area contributed by atoms with Crippen molar-refractivity contribution in [1.29, 1.82) is 0 Å². The first kappa shape index (κ1) is 16.1. The van der Waals surface area contributed by atoms with Crippen molar-refractivity contribution in [2.45, 2.75) is 40.2 Å². The maximum absolute atomic E-state index is 11.7. The van der Waals surface area contributed by atoms with Gasteiger partial charge in [0.2, 0.25) is 5.91 Å². The number of carboxylic acid groups (broad SMARTS) is 1. The van der Waals surface area contributed by atoms with Crippen LogP contribution in [0.5, 0.6) is 0 Å². The van der Waals surface area contributed by atoms with Crippen molar-refractivity contribution in [1.82, 2.24) is 5.32 Å². The van der Waals surface area contributed by atoms with Gasteiger partial charge in [0.1, 0.15) is 6.04 Å². The number of hydrogen-bond acceptors (Lipinski definition) is 3. The van der Waals surface area contributed by atoms with Crippen LogP contribution in [0.15, 0.2) is 0 Å². The first-order chi connectivity index (χ1) is 7.61. The predicted molar refractivity (Wildman–Crippen MR) is 67.2 cm³/mol. The van der Waals surface area contributed by atoms with Gasteiger partial charge in [-0.15, -0.1) is 0 Å². The molecule has 100 valence electrons. The molecule has 2 N–H and O–H groups in total. The summed E-state index contributed by atoms with van der Waals surface area (Å²) in [5.41, 5.74) is 0.0718. The molecule has 0 heterocycles. The fourth-order valence-electron chi connectivity index (χ4n) is 1.11. The van der Waals surface area contributed by atoms with E-state index in [9.17, 15) is 13.8 Å². The van der Waals surface area contributed by atoms with Crippen LogP contribution in [-0.4, -0.2) is 38.7 Å². The molecule has 0 aromatic carbocycles. The van der Waals surface area contributed by atoms with Crippen LogP contribution in [0, 0.1) is 5.41 Å². The van der Waals surface area contributed by atoms with Gasteiger partial charge in [-0.25, -0.2) is 4.79 Å². The molecule has 2 atom stereocenters. The molecule has 6 heteroatoms. The van der Waals surface area contributed by atoms with Crippen molar-refractivity contribution in [3.05, 3.63) is 0 Å². The van der Waals surface area contributed by atoms with E-state index in [-0.39, 0.29) is 11.2 Å². The van der Waals surface area contributed by atoms with E-state index in [1.165, 1.54) is 6.92 Å². The van der Waals surface area contributed by atoms with Gasteiger partial charge in [-0.1, -0.05) is 20.8 Å². The molecule has 0 spiro atoms. The number of carbonyl (C=O) groups excluding carboxylic acids is 1. The third-order valence-electron chi connectivity index (χ3n) is 2.11. The van der Waals surface area contributed by atoms with Crippen LogP contribution in [0.4, 0.5) is 0 Å². The van der Waals surface area contributed by atoms with Crippen LogP contribution < -0.4 is 5.32 Å². The van der Waals surface area contributed by atoms with Crippen LogP contribution >= 0.6 is 0 Å². The van der Waals surface area contributed by atoms with E-state index >= 15 is 0 Å². The summed E-state index contributed by atoms with van der Waals surface area (Å²) in [6.45, 7) is 7.35. The largest absolute Gasteiger partial charge is 0.480 e. The molecule has 0 aromatic rings. The SMILES string of the molecule is CC(=O)N[C@@H](CS(=O)CCC(C)(C)C)C(=O)O. The monoisotopic (exact) mass is 263 g/mol. The van der Waals surface area contributed by atoms with Gasteiger partial charge in [-0.05, 0) is 11.8 Å². The van der Waals surface area contributed by atoms with Crippen LogP contribution in [0.25, 0.3) is 0 Å². The summed E-state index contributed by atoms with van der Waals surface area (Å²) in [6, 6.07) is -1.06. The maximum atomic E-state index is 11.7. The highest BCUT2D eigenvalue weighted by molar-refractivity contribution is 7.85. The van der Waals surface area contributed by atoms with Gasteiger partial charge in [0, 0.05) is 23.5 Å². The minimum Gasteiger partial charge on any atom is -0.480 e. The maximum Gasteiger partial charge on any atom is 0.327 e. The molecule has 0 rings (SSSR count). The number of rotatable bonds is 6. The smallest absolute Gasteiger partial charge is 0.327 e. The average molecular weight is 263 g/mol. The van der Waals surface area contributed by atoms with E-state index in [1.807, 2.05) is 20.8 Å². The molecule has 0 saturated carbocycles. The Morgan fingerprint density at radius 3 is 2.24 bits per heavy atom. The van der Waals surface area contributed by atoms with Crippen molar-refractivity contribution >= 4 is 22.7 Å². The summed E-state index contributed by atoms with van der Waals surface area (Å²) in [4.78, 5) is 21.6. The van der Waals surface area contributed by atoms with Gasteiger partial charge in [0.15, 0.2) is 0 Å². The van der Waals surface area contributed by atoms with Gasteiger partial charge in [-0.2, -0.15) is 0 Å². The van der Waals surface area contributed by atoms with E-state index in [0.29, 0.717) is 5.75 Å². The van der Waals surface area contributed by atoms with Crippen LogP contribution in [0.1, 0.15) is 34.1 Å². The molecule has 0 aliphatic rings. The Labute approximate surface area is 104 Å². The second-order valence-electron chi connectivity index (χ2n) is 5.21. The molecule has 1 amide bonds. The molecule has 5 nitrogen and oxygen atoms in total. The van der Waals surface area contributed by atoms with Crippen molar-refractivity contribution in [3.8, 4) is 0 Å². The van der Waals surface area contributed by atoms with Crippen molar-refractivity contribution in [2.24, 2.45) is 5.41 Å². The molecule has 17 heavy (non-hydrogen) atoms. The zero-order chi connectivity index (χ0) is 13.6. The zero-order valence-electron chi connectivity index (χ0n) is 10.8. The molecule has 0 aliphatic carbocycles. The van der Waals surface area contributed by atoms with E-state index in [2.05, 4.69) is 5.32 Å². The molecular weight excluding hydrogens is 242 g/mol. The first-order valence-corrected chi connectivity index (χ1v) is 6.95. The Hall–Kier alpha value is -0.910. The second kappa shape index (κ2) is 6.74. The minimum atomic E-state index is -1.23. The van der Waals surface area contributed by atoms with Gasteiger partial charge < -0.3 is 10.4 Å². The molecule has 0 fully saturated rings. The van der Waals surface area contributed by atoms with E-state index in [1.54, 1.807) is 0 Å². The van der Waals surface area contributed by atoms with Crippen LogP contribution in [-0.2, 0) is 20.4 Å². The highest BCUT2D eigenvalue weighted by atomic mass is 32.2. The lowest BCUT2D eigenvalue weighted by molar-refractivity contribution is -0.140. The Kier molecular flexibility index (Phi) is 6.37. The van der Waals surface area contributed by atoms with Gasteiger partial charge in [0.05, 0.1) is 5.75 Å². The van der Waals surface area contributed by atoms with Crippen LogP contribution in [0.3, 0.4) is 0 Å². The zero-order valence-corrected chi connectivity index (χ0v) is 11.6. The number of carboxylic acids is 1. The third kappa shape index (κ3) is 8.85. The molecular formula is C11H21NO4S. The standard InChI is InChI=1S/C11H21NO4S/c1-8(13)12-9(10(14)15)7-17(16)6-5-11(2,3)4/h9H,5-7H2,1-4H3,(H,12,13)(H,14,15)/t9-,17?/m0/s1. The quantitative estimate of drug-likeness (QED) is 0.741. The fraction of sp³-hybridized carbons (Fsp3) is 0.818. The fourth-order valence-corrected chi connectivity index (χ4v) is 2.71. The van der Waals surface area contributed by atoms with Gasteiger partial charge in [-0.3, -0.25) is 9.00 Å². The Bertz CT molecular complexity index is 309. The summed E-state index contributed by atoms with van der Waals surface area (Å²) < 4.78 is 11.7. The number of amides is 1. The van der Waals surface area contributed by atoms with Crippen LogP contribution in [0.2, 0.25) is 0 Å². The van der Waals surface area contributed by atoms with E-state index in [0.717, 1.165) is 6.42 Å². The highest BCUT2D eigenvalue weighted by Gasteiger charge is 2.22. The predicted octanol–water partition coefficient (Wildman–Crippen LogP) is 0.761. The minimum absolute atomic E-state index is 0.0367.